The van der Waals surface area contributed by atoms with Gasteiger partial charge in [-0.25, -0.2) is 0 Å². The van der Waals surface area contributed by atoms with Gasteiger partial charge in [-0.15, -0.1) is 0 Å². The van der Waals surface area contributed by atoms with E-state index in [2.05, 4.69) is 0 Å². The summed E-state index contributed by atoms with van der Waals surface area (Å²) in [6.45, 7) is -1.79. The second kappa shape index (κ2) is 6.86. The van der Waals surface area contributed by atoms with Gasteiger partial charge in [0.1, 0.15) is 30.5 Å². The first-order valence-electron chi connectivity index (χ1n) is 4.52. The molecular formula is C8H16O8. The molecule has 8 nitrogen and oxygen atoms in total. The van der Waals surface area contributed by atoms with Crippen molar-refractivity contribution in [2.75, 3.05) is 13.2 Å². The lowest BCUT2D eigenvalue weighted by Gasteiger charge is -2.23. The number of hydrogen-bond acceptors (Lipinski definition) is 8. The summed E-state index contributed by atoms with van der Waals surface area (Å²) in [5.41, 5.74) is 0. The Hall–Kier alpha value is -0.610. The van der Waals surface area contributed by atoms with Crippen LogP contribution in [0, 0.1) is 0 Å². The summed E-state index contributed by atoms with van der Waals surface area (Å²) in [6, 6.07) is 0. The summed E-state index contributed by atoms with van der Waals surface area (Å²) in [4.78, 5) is 11.2. The summed E-state index contributed by atoms with van der Waals surface area (Å²) in [5.74, 6) is -1.36. The molecule has 0 rings (SSSR count). The van der Waals surface area contributed by atoms with Crippen molar-refractivity contribution in [1.82, 2.24) is 0 Å². The molecule has 0 aromatic carbocycles. The second-order valence-corrected chi connectivity index (χ2v) is 3.28. The maximum atomic E-state index is 11.2. The van der Waals surface area contributed by atoms with Crippen LogP contribution in [-0.2, 0) is 4.79 Å². The zero-order valence-corrected chi connectivity index (χ0v) is 8.34. The van der Waals surface area contributed by atoms with E-state index in [0.717, 1.165) is 0 Å². The minimum atomic E-state index is -2.17. The number of aliphatic hydroxyl groups excluding tert-OH is 7. The predicted octanol–water partition coefficient (Wildman–Crippen LogP) is -4.66. The first-order chi connectivity index (χ1) is 7.36. The molecule has 0 aliphatic carbocycles. The molecule has 0 aliphatic heterocycles. The smallest absolute Gasteiger partial charge is 0.195 e. The van der Waals surface area contributed by atoms with Crippen LogP contribution < -0.4 is 0 Å². The van der Waals surface area contributed by atoms with E-state index in [9.17, 15) is 9.90 Å². The van der Waals surface area contributed by atoms with E-state index in [1.165, 1.54) is 0 Å². The lowest BCUT2D eigenvalue weighted by atomic mass is 9.98. The fraction of sp³-hybridized carbons (Fsp3) is 0.875. The quantitative estimate of drug-likeness (QED) is 0.234. The van der Waals surface area contributed by atoms with Gasteiger partial charge in [0.25, 0.3) is 0 Å². The third-order valence-corrected chi connectivity index (χ3v) is 2.04. The van der Waals surface area contributed by atoms with Crippen molar-refractivity contribution in [3.05, 3.63) is 0 Å². The van der Waals surface area contributed by atoms with Gasteiger partial charge in [-0.3, -0.25) is 4.79 Å². The fourth-order valence-electron chi connectivity index (χ4n) is 0.951. The van der Waals surface area contributed by atoms with Crippen molar-refractivity contribution in [3.8, 4) is 0 Å². The van der Waals surface area contributed by atoms with Crippen LogP contribution >= 0.6 is 0 Å². The number of aliphatic hydroxyl groups is 7. The molecule has 0 aliphatic rings. The number of ketones is 1. The standard InChI is InChI=1S/C8H16O8/c9-1-3(11)5(13)7(15)8(16)6(14)4(12)2-10/h3-7,9-15H,1-2H2/t3-,4+,5+,6+,7-/m0/s1. The van der Waals surface area contributed by atoms with Gasteiger partial charge < -0.3 is 35.7 Å². The Morgan fingerprint density at radius 2 is 1.25 bits per heavy atom. The van der Waals surface area contributed by atoms with Crippen LogP contribution in [0.2, 0.25) is 0 Å². The van der Waals surface area contributed by atoms with E-state index in [1.54, 1.807) is 0 Å². The van der Waals surface area contributed by atoms with Gasteiger partial charge in [-0.1, -0.05) is 0 Å². The zero-order valence-electron chi connectivity index (χ0n) is 8.34. The van der Waals surface area contributed by atoms with E-state index in [0.29, 0.717) is 0 Å². The fourth-order valence-corrected chi connectivity index (χ4v) is 0.951. The van der Waals surface area contributed by atoms with E-state index in [4.69, 9.17) is 30.6 Å². The molecule has 5 atom stereocenters. The molecule has 0 amide bonds. The first-order valence-corrected chi connectivity index (χ1v) is 4.52. The maximum Gasteiger partial charge on any atom is 0.195 e. The van der Waals surface area contributed by atoms with Crippen LogP contribution in [0.25, 0.3) is 0 Å². The lowest BCUT2D eigenvalue weighted by Crippen LogP contribution is -2.50. The molecule has 7 N–H and O–H groups in total. The molecule has 96 valence electrons. The Morgan fingerprint density at radius 3 is 1.62 bits per heavy atom. The number of carbonyl (C=O) groups is 1. The normalized spacial score (nSPS) is 20.9. The van der Waals surface area contributed by atoms with E-state index in [-0.39, 0.29) is 0 Å². The van der Waals surface area contributed by atoms with Crippen LogP contribution in [-0.4, -0.2) is 85.3 Å². The highest BCUT2D eigenvalue weighted by atomic mass is 16.4. The van der Waals surface area contributed by atoms with Crippen LogP contribution in [0.5, 0.6) is 0 Å². The Balaban J connectivity index is 4.48. The number of Topliss-reactive ketones (excluding diaryl/α,β-unsaturated/α-hetero) is 1. The topological polar surface area (TPSA) is 159 Å². The SMILES string of the molecule is O=C([C@@H](O)[C@H](O)[C@@H](O)CO)[C@H](O)[C@H](O)CO. The Labute approximate surface area is 91.0 Å². The van der Waals surface area contributed by atoms with Crippen molar-refractivity contribution in [2.45, 2.75) is 30.5 Å². The summed E-state index contributed by atoms with van der Waals surface area (Å²) < 4.78 is 0. The van der Waals surface area contributed by atoms with Crippen LogP contribution in [0.4, 0.5) is 0 Å². The highest BCUT2D eigenvalue weighted by molar-refractivity contribution is 5.88. The minimum Gasteiger partial charge on any atom is -0.394 e. The third kappa shape index (κ3) is 3.76. The Morgan fingerprint density at radius 1 is 0.812 bits per heavy atom. The van der Waals surface area contributed by atoms with Gasteiger partial charge in [0.05, 0.1) is 13.2 Å². The van der Waals surface area contributed by atoms with Crippen molar-refractivity contribution in [1.29, 1.82) is 0 Å². The van der Waals surface area contributed by atoms with Crippen LogP contribution in [0.3, 0.4) is 0 Å². The van der Waals surface area contributed by atoms with Gasteiger partial charge in [-0.2, -0.15) is 0 Å². The maximum absolute atomic E-state index is 11.2. The minimum absolute atomic E-state index is 0.885. The molecule has 0 aromatic heterocycles. The summed E-state index contributed by atoms with van der Waals surface area (Å²) in [5, 5.41) is 62.1. The molecule has 0 saturated carbocycles. The summed E-state index contributed by atoms with van der Waals surface area (Å²) in [7, 11) is 0. The van der Waals surface area contributed by atoms with Crippen molar-refractivity contribution in [3.63, 3.8) is 0 Å². The first kappa shape index (κ1) is 15.4. The molecule has 16 heavy (non-hydrogen) atoms. The molecule has 0 spiro atoms. The highest BCUT2D eigenvalue weighted by Crippen LogP contribution is 2.06. The molecule has 0 bridgehead atoms. The van der Waals surface area contributed by atoms with Gasteiger partial charge in [0.15, 0.2) is 5.78 Å². The highest BCUT2D eigenvalue weighted by Gasteiger charge is 2.36. The monoisotopic (exact) mass is 240 g/mol. The van der Waals surface area contributed by atoms with E-state index in [1.807, 2.05) is 0 Å². The van der Waals surface area contributed by atoms with Gasteiger partial charge in [0.2, 0.25) is 0 Å². The summed E-state index contributed by atoms with van der Waals surface area (Å²) >= 11 is 0. The average molecular weight is 240 g/mol. The average Bonchev–Trinajstić information content (AvgIpc) is 2.32. The third-order valence-electron chi connectivity index (χ3n) is 2.04. The molecule has 8 heteroatoms. The molecular weight excluding hydrogens is 224 g/mol. The van der Waals surface area contributed by atoms with Gasteiger partial charge in [0, 0.05) is 0 Å². The zero-order chi connectivity index (χ0) is 12.9. The van der Waals surface area contributed by atoms with Gasteiger partial charge in [-0.05, 0) is 0 Å². The molecule has 0 aromatic rings. The van der Waals surface area contributed by atoms with Crippen LogP contribution in [0.1, 0.15) is 0 Å². The Bertz CT molecular complexity index is 220. The number of rotatable bonds is 7. The molecule has 0 heterocycles. The number of carbonyl (C=O) groups excluding carboxylic acids is 1. The van der Waals surface area contributed by atoms with E-state index >= 15 is 0 Å². The molecule has 0 unspecified atom stereocenters. The molecule has 0 saturated heterocycles. The lowest BCUT2D eigenvalue weighted by molar-refractivity contribution is -0.155. The van der Waals surface area contributed by atoms with E-state index < -0.39 is 49.5 Å². The number of hydrogen-bond donors (Lipinski definition) is 7. The van der Waals surface area contributed by atoms with Crippen molar-refractivity contribution >= 4 is 5.78 Å². The molecule has 0 fully saturated rings. The Kier molecular flexibility index (Phi) is 6.60. The summed E-state index contributed by atoms with van der Waals surface area (Å²) in [6.07, 6.45) is -9.78. The molecule has 0 radical (unpaired) electrons. The van der Waals surface area contributed by atoms with Crippen LogP contribution in [0.15, 0.2) is 0 Å². The van der Waals surface area contributed by atoms with Gasteiger partial charge >= 0.3 is 0 Å². The predicted molar refractivity (Wildman–Crippen MR) is 49.2 cm³/mol. The largest absolute Gasteiger partial charge is 0.394 e. The second-order valence-electron chi connectivity index (χ2n) is 3.28. The van der Waals surface area contributed by atoms with Crippen molar-refractivity contribution < 1.29 is 40.5 Å². The van der Waals surface area contributed by atoms with Crippen molar-refractivity contribution in [2.24, 2.45) is 0 Å².